The number of guanidine groups is 1. The lowest BCUT2D eigenvalue weighted by Crippen LogP contribution is -2.33. The van der Waals surface area contributed by atoms with Crippen LogP contribution in [0, 0.1) is 0 Å². The molecule has 0 radical (unpaired) electrons. The molecule has 0 aromatic heterocycles. The summed E-state index contributed by atoms with van der Waals surface area (Å²) < 4.78 is 0. The van der Waals surface area contributed by atoms with Gasteiger partial charge in [0.1, 0.15) is 0 Å². The molecule has 0 unspecified atom stereocenters. The van der Waals surface area contributed by atoms with Crippen LogP contribution in [-0.2, 0) is 6.42 Å². The second-order valence-electron chi connectivity index (χ2n) is 3.79. The van der Waals surface area contributed by atoms with Gasteiger partial charge >= 0.3 is 0 Å². The van der Waals surface area contributed by atoms with Gasteiger partial charge in [0, 0.05) is 18.1 Å². The Kier molecular flexibility index (Phi) is 7.80. The second kappa shape index (κ2) is 9.59. The van der Waals surface area contributed by atoms with Crippen LogP contribution in [0.15, 0.2) is 48.0 Å². The highest BCUT2D eigenvalue weighted by Gasteiger charge is 1.93. The van der Waals surface area contributed by atoms with E-state index in [0.29, 0.717) is 5.96 Å². The summed E-state index contributed by atoms with van der Waals surface area (Å²) >= 11 is 1.81. The summed E-state index contributed by atoms with van der Waals surface area (Å²) in [5, 5.41) is 3.12. The normalized spacial score (nSPS) is 11.2. The van der Waals surface area contributed by atoms with E-state index in [-0.39, 0.29) is 0 Å². The Morgan fingerprint density at radius 2 is 2.17 bits per heavy atom. The maximum absolute atomic E-state index is 5.76. The third kappa shape index (κ3) is 7.01. The van der Waals surface area contributed by atoms with Gasteiger partial charge in [-0.15, -0.1) is 6.58 Å². The lowest BCUT2D eigenvalue weighted by molar-refractivity contribution is 0.852. The van der Waals surface area contributed by atoms with E-state index in [1.54, 1.807) is 0 Å². The van der Waals surface area contributed by atoms with Gasteiger partial charge < -0.3 is 11.1 Å². The molecule has 3 nitrogen and oxygen atoms in total. The zero-order valence-electron chi connectivity index (χ0n) is 10.6. The van der Waals surface area contributed by atoms with Crippen molar-refractivity contribution in [3.05, 3.63) is 48.6 Å². The van der Waals surface area contributed by atoms with E-state index in [1.807, 2.05) is 36.0 Å². The maximum Gasteiger partial charge on any atom is 0.188 e. The molecule has 0 atom stereocenters. The van der Waals surface area contributed by atoms with E-state index in [1.165, 1.54) is 5.56 Å². The van der Waals surface area contributed by atoms with Crippen LogP contribution >= 0.6 is 11.8 Å². The predicted molar refractivity (Wildman–Crippen MR) is 82.2 cm³/mol. The third-order valence-corrected chi connectivity index (χ3v) is 3.26. The van der Waals surface area contributed by atoms with Crippen molar-refractivity contribution < 1.29 is 0 Å². The van der Waals surface area contributed by atoms with Crippen molar-refractivity contribution in [2.75, 3.05) is 24.6 Å². The van der Waals surface area contributed by atoms with Crippen LogP contribution in [0.1, 0.15) is 5.56 Å². The first-order chi connectivity index (χ1) is 8.83. The number of nitrogens with one attached hydrogen (secondary N) is 1. The molecule has 18 heavy (non-hydrogen) atoms. The fourth-order valence-corrected chi connectivity index (χ4v) is 1.99. The number of thioether (sulfide) groups is 1. The van der Waals surface area contributed by atoms with Crippen LogP contribution in [0.5, 0.6) is 0 Å². The minimum atomic E-state index is 0.533. The molecule has 0 aliphatic rings. The van der Waals surface area contributed by atoms with Crippen LogP contribution in [0.25, 0.3) is 0 Å². The fraction of sp³-hybridized carbons (Fsp3) is 0.357. The van der Waals surface area contributed by atoms with E-state index in [4.69, 9.17) is 5.73 Å². The molecule has 1 aromatic carbocycles. The first-order valence-corrected chi connectivity index (χ1v) is 7.24. The Morgan fingerprint density at radius 3 is 2.89 bits per heavy atom. The van der Waals surface area contributed by atoms with E-state index >= 15 is 0 Å². The van der Waals surface area contributed by atoms with Crippen molar-refractivity contribution in [3.63, 3.8) is 0 Å². The Labute approximate surface area is 114 Å². The highest BCUT2D eigenvalue weighted by molar-refractivity contribution is 7.99. The minimum Gasteiger partial charge on any atom is -0.370 e. The lowest BCUT2D eigenvalue weighted by Gasteiger charge is -2.05. The van der Waals surface area contributed by atoms with Gasteiger partial charge in [-0.25, -0.2) is 0 Å². The molecule has 0 amide bonds. The molecule has 3 N–H and O–H groups in total. The highest BCUT2D eigenvalue weighted by atomic mass is 32.2. The molecule has 4 heteroatoms. The smallest absolute Gasteiger partial charge is 0.188 e. The molecule has 98 valence electrons. The zero-order valence-corrected chi connectivity index (χ0v) is 11.5. The molecule has 0 spiro atoms. The Bertz CT molecular complexity index is 363. The summed E-state index contributed by atoms with van der Waals surface area (Å²) in [4.78, 5) is 4.26. The van der Waals surface area contributed by atoms with Gasteiger partial charge in [-0.1, -0.05) is 36.4 Å². The van der Waals surface area contributed by atoms with Gasteiger partial charge in [-0.2, -0.15) is 11.8 Å². The molecule has 1 rings (SSSR count). The topological polar surface area (TPSA) is 50.4 Å². The largest absolute Gasteiger partial charge is 0.370 e. The first kappa shape index (κ1) is 14.6. The molecule has 0 saturated heterocycles. The number of nitrogens with zero attached hydrogens (tertiary/aromatic N) is 1. The van der Waals surface area contributed by atoms with Gasteiger partial charge in [0.2, 0.25) is 0 Å². The van der Waals surface area contributed by atoms with Gasteiger partial charge in [-0.3, -0.25) is 4.99 Å². The molecule has 0 aliphatic heterocycles. The SMILES string of the molecule is C=CCSCCN=C(N)NCCc1ccccc1. The van der Waals surface area contributed by atoms with Crippen LogP contribution < -0.4 is 11.1 Å². The van der Waals surface area contributed by atoms with E-state index in [9.17, 15) is 0 Å². The number of hydrogen-bond acceptors (Lipinski definition) is 2. The van der Waals surface area contributed by atoms with Crippen LogP contribution in [0.4, 0.5) is 0 Å². The number of aliphatic imine (C=N–C) groups is 1. The lowest BCUT2D eigenvalue weighted by atomic mass is 10.1. The van der Waals surface area contributed by atoms with Gasteiger partial charge in [0.15, 0.2) is 5.96 Å². The third-order valence-electron chi connectivity index (χ3n) is 2.32. The molecular weight excluding hydrogens is 242 g/mol. The van der Waals surface area contributed by atoms with E-state index in [0.717, 1.165) is 31.0 Å². The Balaban J connectivity index is 2.11. The van der Waals surface area contributed by atoms with Crippen molar-refractivity contribution in [2.45, 2.75) is 6.42 Å². The monoisotopic (exact) mass is 263 g/mol. The number of nitrogens with two attached hydrogens (primary N) is 1. The predicted octanol–water partition coefficient (Wildman–Crippen LogP) is 2.05. The molecule has 0 bridgehead atoms. The summed E-state index contributed by atoms with van der Waals surface area (Å²) in [6, 6.07) is 10.3. The van der Waals surface area contributed by atoms with Gasteiger partial charge in [-0.05, 0) is 12.0 Å². The standard InChI is InChI=1S/C14H21N3S/c1-2-11-18-12-10-17-14(15)16-9-8-13-6-4-3-5-7-13/h2-7H,1,8-12H2,(H3,15,16,17). The zero-order chi connectivity index (χ0) is 13.1. The molecule has 0 saturated carbocycles. The Hall–Kier alpha value is -1.42. The molecule has 0 aliphatic carbocycles. The number of benzene rings is 1. The molecule has 1 aromatic rings. The Morgan fingerprint density at radius 1 is 1.39 bits per heavy atom. The van der Waals surface area contributed by atoms with Crippen LogP contribution in [-0.4, -0.2) is 30.6 Å². The molecule has 0 fully saturated rings. The van der Waals surface area contributed by atoms with E-state index in [2.05, 4.69) is 29.0 Å². The number of hydrogen-bond donors (Lipinski definition) is 2. The number of rotatable bonds is 8. The summed E-state index contributed by atoms with van der Waals surface area (Å²) in [6.07, 6.45) is 2.86. The fourth-order valence-electron chi connectivity index (χ4n) is 1.43. The summed E-state index contributed by atoms with van der Waals surface area (Å²) in [7, 11) is 0. The minimum absolute atomic E-state index is 0.533. The quantitative estimate of drug-likeness (QED) is 0.327. The van der Waals surface area contributed by atoms with Gasteiger partial charge in [0.25, 0.3) is 0 Å². The average Bonchev–Trinajstić information content (AvgIpc) is 2.40. The average molecular weight is 263 g/mol. The van der Waals surface area contributed by atoms with Crippen molar-refractivity contribution in [2.24, 2.45) is 10.7 Å². The van der Waals surface area contributed by atoms with Crippen LogP contribution in [0.2, 0.25) is 0 Å². The van der Waals surface area contributed by atoms with Gasteiger partial charge in [0.05, 0.1) is 6.54 Å². The summed E-state index contributed by atoms with van der Waals surface area (Å²) in [6.45, 7) is 5.24. The first-order valence-electron chi connectivity index (χ1n) is 6.09. The highest BCUT2D eigenvalue weighted by Crippen LogP contribution is 1.99. The summed E-state index contributed by atoms with van der Waals surface area (Å²) in [5.41, 5.74) is 7.07. The van der Waals surface area contributed by atoms with Crippen LogP contribution in [0.3, 0.4) is 0 Å². The van der Waals surface area contributed by atoms with Crippen molar-refractivity contribution in [1.29, 1.82) is 0 Å². The van der Waals surface area contributed by atoms with Crippen molar-refractivity contribution in [3.8, 4) is 0 Å². The summed E-state index contributed by atoms with van der Waals surface area (Å²) in [5.74, 6) is 2.48. The molecular formula is C14H21N3S. The van der Waals surface area contributed by atoms with Crippen molar-refractivity contribution in [1.82, 2.24) is 5.32 Å². The second-order valence-corrected chi connectivity index (χ2v) is 4.94. The van der Waals surface area contributed by atoms with Crippen molar-refractivity contribution >= 4 is 17.7 Å². The van der Waals surface area contributed by atoms with E-state index < -0.39 is 0 Å². The maximum atomic E-state index is 5.76. The molecule has 0 heterocycles.